The molecule has 102 valence electrons. The molecule has 1 aliphatic heterocycles. The lowest BCUT2D eigenvalue weighted by Crippen LogP contribution is -2.29. The zero-order chi connectivity index (χ0) is 14.2. The Morgan fingerprint density at radius 1 is 1.37 bits per heavy atom. The van der Waals surface area contributed by atoms with E-state index in [-0.39, 0.29) is 18.9 Å². The molecule has 0 amide bonds. The van der Waals surface area contributed by atoms with Crippen molar-refractivity contribution >= 4 is 37.4 Å². The summed E-state index contributed by atoms with van der Waals surface area (Å²) in [6.07, 6.45) is 0. The number of nitro groups is 1. The first-order valence-electron chi connectivity index (χ1n) is 5.24. The van der Waals surface area contributed by atoms with E-state index in [2.05, 4.69) is 15.9 Å². The van der Waals surface area contributed by atoms with Crippen LogP contribution in [0.2, 0.25) is 0 Å². The number of nitrogens with zero attached hydrogens (tertiary/aromatic N) is 2. The van der Waals surface area contributed by atoms with Crippen molar-refractivity contribution < 1.29 is 18.1 Å². The normalized spacial score (nSPS) is 20.7. The van der Waals surface area contributed by atoms with Gasteiger partial charge in [-0.1, -0.05) is 28.1 Å². The Hall–Kier alpha value is -1.32. The number of benzene rings is 1. The van der Waals surface area contributed by atoms with E-state index in [4.69, 9.17) is 0 Å². The van der Waals surface area contributed by atoms with Crippen molar-refractivity contribution in [2.45, 2.75) is 9.72 Å². The van der Waals surface area contributed by atoms with E-state index in [1.54, 1.807) is 0 Å². The molecular weight excluding hydrogens is 340 g/mol. The van der Waals surface area contributed by atoms with Crippen LogP contribution < -0.4 is 0 Å². The molecule has 0 aliphatic carbocycles. The largest absolute Gasteiger partial charge is 0.297 e. The van der Waals surface area contributed by atoms with E-state index in [9.17, 15) is 23.3 Å². The zero-order valence-corrected chi connectivity index (χ0v) is 11.9. The minimum absolute atomic E-state index is 0.0206. The second-order valence-corrected chi connectivity index (χ2v) is 6.97. The molecule has 1 unspecified atom stereocenters. The molecule has 1 aliphatic rings. The van der Waals surface area contributed by atoms with Gasteiger partial charge in [0.1, 0.15) is 0 Å². The number of Topliss-reactive ketones (excluding diaryl/α,β-unsaturated/α-hetero) is 1. The predicted octanol–water partition coefficient (Wildman–Crippen LogP) is 0.932. The number of carbonyl (C=O) groups is 1. The number of sulfonamides is 1. The molecule has 0 N–H and O–H groups in total. The van der Waals surface area contributed by atoms with Crippen LogP contribution in [0.25, 0.3) is 0 Å². The van der Waals surface area contributed by atoms with Crippen molar-refractivity contribution in [2.75, 3.05) is 13.1 Å². The quantitative estimate of drug-likeness (QED) is 0.459. The molecule has 0 spiro atoms. The summed E-state index contributed by atoms with van der Waals surface area (Å²) in [5.74, 6) is -0.262. The van der Waals surface area contributed by atoms with Gasteiger partial charge in [0.2, 0.25) is 10.0 Å². The summed E-state index contributed by atoms with van der Waals surface area (Å²) in [4.78, 5) is 20.5. The van der Waals surface area contributed by atoms with Crippen LogP contribution in [0.3, 0.4) is 0 Å². The summed E-state index contributed by atoms with van der Waals surface area (Å²) in [7, 11) is -4.04. The van der Waals surface area contributed by atoms with E-state index < -0.39 is 30.4 Å². The molecule has 2 rings (SSSR count). The third kappa shape index (κ3) is 2.53. The molecule has 1 aromatic rings. The summed E-state index contributed by atoms with van der Waals surface area (Å²) in [6.45, 7) is -0.294. The standard InChI is InChI=1S/C10H9BrN2O5S/c11-7-5-12(6-9(7)14)19(17,18)10-4-2-1-3-8(10)13(15)16/h1-4,7H,5-6H2. The third-order valence-corrected chi connectivity index (χ3v) is 5.38. The average molecular weight is 349 g/mol. The van der Waals surface area contributed by atoms with E-state index >= 15 is 0 Å². The molecule has 0 aromatic heterocycles. The molecule has 9 heteroatoms. The van der Waals surface area contributed by atoms with Crippen LogP contribution in [0, 0.1) is 10.1 Å². The molecule has 7 nitrogen and oxygen atoms in total. The Morgan fingerprint density at radius 2 is 2.00 bits per heavy atom. The maximum Gasteiger partial charge on any atom is 0.289 e. The lowest BCUT2D eigenvalue weighted by Gasteiger charge is -2.14. The summed E-state index contributed by atoms with van der Waals surface area (Å²) in [5.41, 5.74) is -0.493. The molecule has 0 bridgehead atoms. The number of alkyl halides is 1. The predicted molar refractivity (Wildman–Crippen MR) is 69.6 cm³/mol. The van der Waals surface area contributed by atoms with Crippen molar-refractivity contribution in [2.24, 2.45) is 0 Å². The van der Waals surface area contributed by atoms with E-state index in [1.165, 1.54) is 18.2 Å². The Labute approximate surface area is 117 Å². The van der Waals surface area contributed by atoms with Gasteiger partial charge >= 0.3 is 0 Å². The number of para-hydroxylation sites is 1. The van der Waals surface area contributed by atoms with Crippen molar-refractivity contribution in [1.82, 2.24) is 4.31 Å². The molecule has 1 aromatic carbocycles. The maximum atomic E-state index is 12.3. The second-order valence-electron chi connectivity index (χ2n) is 3.96. The smallest absolute Gasteiger partial charge is 0.289 e. The summed E-state index contributed by atoms with van der Waals surface area (Å²) >= 11 is 3.07. The van der Waals surface area contributed by atoms with Crippen LogP contribution in [-0.4, -0.2) is 41.3 Å². The van der Waals surface area contributed by atoms with Crippen LogP contribution in [0.15, 0.2) is 29.2 Å². The number of hydrogen-bond donors (Lipinski definition) is 0. The Balaban J connectivity index is 2.47. The first-order chi connectivity index (χ1) is 8.84. The Bertz CT molecular complexity index is 645. The van der Waals surface area contributed by atoms with Crippen LogP contribution in [0.4, 0.5) is 5.69 Å². The number of hydrogen-bond acceptors (Lipinski definition) is 5. The Morgan fingerprint density at radius 3 is 2.53 bits per heavy atom. The van der Waals surface area contributed by atoms with Gasteiger partial charge in [0.25, 0.3) is 5.69 Å². The fraction of sp³-hybridized carbons (Fsp3) is 0.300. The van der Waals surface area contributed by atoms with Gasteiger partial charge in [0.05, 0.1) is 16.3 Å². The lowest BCUT2D eigenvalue weighted by atomic mass is 10.3. The molecule has 1 atom stereocenters. The number of halogens is 1. The van der Waals surface area contributed by atoms with Gasteiger partial charge < -0.3 is 0 Å². The van der Waals surface area contributed by atoms with Crippen LogP contribution in [-0.2, 0) is 14.8 Å². The topological polar surface area (TPSA) is 97.6 Å². The van der Waals surface area contributed by atoms with E-state index in [1.807, 2.05) is 0 Å². The van der Waals surface area contributed by atoms with E-state index in [0.29, 0.717) is 0 Å². The molecule has 1 fully saturated rings. The average Bonchev–Trinajstić information content (AvgIpc) is 2.70. The highest BCUT2D eigenvalue weighted by Gasteiger charge is 2.39. The summed E-state index contributed by atoms with van der Waals surface area (Å²) in [6, 6.07) is 5.08. The summed E-state index contributed by atoms with van der Waals surface area (Å²) < 4.78 is 25.5. The second kappa shape index (κ2) is 4.99. The lowest BCUT2D eigenvalue weighted by molar-refractivity contribution is -0.387. The first kappa shape index (κ1) is 14.1. The van der Waals surface area contributed by atoms with Crippen molar-refractivity contribution in [3.8, 4) is 0 Å². The van der Waals surface area contributed by atoms with E-state index in [0.717, 1.165) is 10.4 Å². The molecule has 0 saturated carbocycles. The molecular formula is C10H9BrN2O5S. The van der Waals surface area contributed by atoms with Gasteiger partial charge in [-0.25, -0.2) is 8.42 Å². The first-order valence-corrected chi connectivity index (χ1v) is 7.60. The van der Waals surface area contributed by atoms with Crippen LogP contribution in [0.1, 0.15) is 0 Å². The highest BCUT2D eigenvalue weighted by Crippen LogP contribution is 2.28. The molecule has 19 heavy (non-hydrogen) atoms. The minimum Gasteiger partial charge on any atom is -0.297 e. The van der Waals surface area contributed by atoms with Crippen LogP contribution in [0.5, 0.6) is 0 Å². The van der Waals surface area contributed by atoms with Crippen LogP contribution >= 0.6 is 15.9 Å². The molecule has 1 heterocycles. The third-order valence-electron chi connectivity index (χ3n) is 2.73. The van der Waals surface area contributed by atoms with Gasteiger partial charge in [-0.3, -0.25) is 14.9 Å². The Kier molecular flexibility index (Phi) is 3.70. The molecule has 0 radical (unpaired) electrons. The van der Waals surface area contributed by atoms with Gasteiger partial charge in [-0.05, 0) is 6.07 Å². The van der Waals surface area contributed by atoms with Crippen molar-refractivity contribution in [3.05, 3.63) is 34.4 Å². The minimum atomic E-state index is -4.04. The zero-order valence-electron chi connectivity index (χ0n) is 9.52. The van der Waals surface area contributed by atoms with Gasteiger partial charge in [0.15, 0.2) is 10.7 Å². The fourth-order valence-electron chi connectivity index (χ4n) is 1.77. The number of carbonyl (C=O) groups excluding carboxylic acids is 1. The number of rotatable bonds is 3. The van der Waals surface area contributed by atoms with Gasteiger partial charge in [-0.2, -0.15) is 4.31 Å². The van der Waals surface area contributed by atoms with Crippen molar-refractivity contribution in [3.63, 3.8) is 0 Å². The monoisotopic (exact) mass is 348 g/mol. The van der Waals surface area contributed by atoms with Gasteiger partial charge in [0, 0.05) is 12.6 Å². The molecule has 1 saturated heterocycles. The highest BCUT2D eigenvalue weighted by molar-refractivity contribution is 9.10. The van der Waals surface area contributed by atoms with Crippen molar-refractivity contribution in [1.29, 1.82) is 0 Å². The fourth-order valence-corrected chi connectivity index (χ4v) is 4.03. The maximum absolute atomic E-state index is 12.3. The number of nitro benzene ring substituents is 1. The number of ketones is 1. The summed E-state index contributed by atoms with van der Waals surface area (Å²) in [5, 5.41) is 10.9. The SMILES string of the molecule is O=C1CN(S(=O)(=O)c2ccccc2[N+](=O)[O-])CC1Br. The highest BCUT2D eigenvalue weighted by atomic mass is 79.9. The van der Waals surface area contributed by atoms with Gasteiger partial charge in [-0.15, -0.1) is 0 Å².